The first-order valence-corrected chi connectivity index (χ1v) is 8.09. The number of amides is 1. The Kier molecular flexibility index (Phi) is 5.42. The van der Waals surface area contributed by atoms with Gasteiger partial charge in [-0.1, -0.05) is 29.3 Å². The van der Waals surface area contributed by atoms with Crippen molar-refractivity contribution in [3.05, 3.63) is 76.3 Å². The van der Waals surface area contributed by atoms with Gasteiger partial charge in [0.1, 0.15) is 0 Å². The summed E-state index contributed by atoms with van der Waals surface area (Å²) in [5, 5.41) is 6.65. The van der Waals surface area contributed by atoms with E-state index >= 15 is 0 Å². The summed E-state index contributed by atoms with van der Waals surface area (Å²) in [7, 11) is 0. The minimum absolute atomic E-state index is 0.272. The molecule has 6 nitrogen and oxygen atoms in total. The fraction of sp³-hybridized carbons (Fsp3) is 0.0588. The van der Waals surface area contributed by atoms with E-state index in [1.807, 2.05) is 18.2 Å². The Balaban J connectivity index is 1.61. The summed E-state index contributed by atoms with van der Waals surface area (Å²) < 4.78 is 0. The van der Waals surface area contributed by atoms with Crippen molar-refractivity contribution < 1.29 is 4.79 Å². The Labute approximate surface area is 154 Å². The van der Waals surface area contributed by atoms with Crippen LogP contribution < -0.4 is 10.6 Å². The predicted octanol–water partition coefficient (Wildman–Crippen LogP) is 3.85. The van der Waals surface area contributed by atoms with Crippen LogP contribution in [0, 0.1) is 0 Å². The monoisotopic (exact) mass is 373 g/mol. The molecule has 0 atom stereocenters. The van der Waals surface area contributed by atoms with Gasteiger partial charge in [-0.25, -0.2) is 9.97 Å². The van der Waals surface area contributed by atoms with Gasteiger partial charge in [0, 0.05) is 24.3 Å². The van der Waals surface area contributed by atoms with Crippen molar-refractivity contribution in [1.82, 2.24) is 20.3 Å². The van der Waals surface area contributed by atoms with E-state index in [4.69, 9.17) is 23.2 Å². The Bertz CT molecular complexity index is 872. The molecule has 2 heterocycles. The number of hydrogen-bond donors (Lipinski definition) is 2. The molecule has 0 fully saturated rings. The normalized spacial score (nSPS) is 10.3. The minimum atomic E-state index is -0.272. The van der Waals surface area contributed by atoms with Crippen LogP contribution in [0.1, 0.15) is 16.1 Å². The average molecular weight is 374 g/mol. The first kappa shape index (κ1) is 17.1. The number of nitrogens with zero attached hydrogens (tertiary/aromatic N) is 3. The van der Waals surface area contributed by atoms with Crippen LogP contribution in [-0.2, 0) is 6.54 Å². The standard InChI is InChI=1S/C17H13Cl2N5O/c18-14-5-4-12(7-15(14)19)24-17-22-8-11(9-23-17)16(25)21-10-13-3-1-2-6-20-13/h1-9H,10H2,(H,21,25)(H,22,23,24). The first-order chi connectivity index (χ1) is 12.1. The zero-order valence-electron chi connectivity index (χ0n) is 12.9. The number of aromatic nitrogens is 3. The number of carbonyl (C=O) groups is 1. The second-order valence-corrected chi connectivity index (χ2v) is 5.87. The molecule has 126 valence electrons. The molecule has 25 heavy (non-hydrogen) atoms. The topological polar surface area (TPSA) is 79.8 Å². The summed E-state index contributed by atoms with van der Waals surface area (Å²) in [5.41, 5.74) is 1.83. The highest BCUT2D eigenvalue weighted by Crippen LogP contribution is 2.26. The van der Waals surface area contributed by atoms with E-state index in [0.717, 1.165) is 5.69 Å². The summed E-state index contributed by atoms with van der Waals surface area (Å²) in [6.07, 6.45) is 4.56. The molecule has 3 aromatic rings. The molecule has 0 bridgehead atoms. The molecule has 0 aliphatic rings. The van der Waals surface area contributed by atoms with Crippen molar-refractivity contribution in [2.24, 2.45) is 0 Å². The van der Waals surface area contributed by atoms with E-state index in [2.05, 4.69) is 25.6 Å². The number of pyridine rings is 1. The number of benzene rings is 1. The molecule has 0 aliphatic heterocycles. The fourth-order valence-corrected chi connectivity index (χ4v) is 2.29. The Hall–Kier alpha value is -2.70. The molecule has 0 saturated carbocycles. The van der Waals surface area contributed by atoms with Crippen LogP contribution in [0.3, 0.4) is 0 Å². The molecule has 2 aromatic heterocycles. The van der Waals surface area contributed by atoms with Crippen molar-refractivity contribution in [1.29, 1.82) is 0 Å². The maximum absolute atomic E-state index is 12.1. The lowest BCUT2D eigenvalue weighted by atomic mass is 10.3. The molecular weight excluding hydrogens is 361 g/mol. The molecule has 0 aliphatic carbocycles. The quantitative estimate of drug-likeness (QED) is 0.709. The molecule has 0 saturated heterocycles. The molecule has 1 aromatic carbocycles. The minimum Gasteiger partial charge on any atom is -0.346 e. The fourth-order valence-electron chi connectivity index (χ4n) is 1.99. The highest BCUT2D eigenvalue weighted by Gasteiger charge is 2.08. The maximum Gasteiger partial charge on any atom is 0.254 e. The van der Waals surface area contributed by atoms with E-state index in [1.165, 1.54) is 12.4 Å². The molecule has 3 rings (SSSR count). The molecule has 1 amide bonds. The number of carbonyl (C=O) groups excluding carboxylic acids is 1. The van der Waals surface area contributed by atoms with Crippen molar-refractivity contribution in [3.8, 4) is 0 Å². The third-order valence-electron chi connectivity index (χ3n) is 3.25. The molecule has 8 heteroatoms. The lowest BCUT2D eigenvalue weighted by Crippen LogP contribution is -2.23. The molecular formula is C17H13Cl2N5O. The van der Waals surface area contributed by atoms with Gasteiger partial charge in [0.25, 0.3) is 5.91 Å². The molecule has 0 spiro atoms. The Morgan fingerprint density at radius 3 is 2.48 bits per heavy atom. The van der Waals surface area contributed by atoms with Gasteiger partial charge in [-0.2, -0.15) is 0 Å². The summed E-state index contributed by atoms with van der Waals surface area (Å²) in [5.74, 6) is 0.0754. The van der Waals surface area contributed by atoms with E-state index < -0.39 is 0 Å². The zero-order valence-corrected chi connectivity index (χ0v) is 14.4. The number of rotatable bonds is 5. The van der Waals surface area contributed by atoms with E-state index in [1.54, 1.807) is 24.4 Å². The lowest BCUT2D eigenvalue weighted by molar-refractivity contribution is 0.0949. The van der Waals surface area contributed by atoms with Crippen LogP contribution in [0.2, 0.25) is 10.0 Å². The van der Waals surface area contributed by atoms with Crippen LogP contribution >= 0.6 is 23.2 Å². The maximum atomic E-state index is 12.1. The van der Waals surface area contributed by atoms with Gasteiger partial charge in [-0.05, 0) is 30.3 Å². The highest BCUT2D eigenvalue weighted by molar-refractivity contribution is 6.42. The number of halogens is 2. The predicted molar refractivity (Wildman–Crippen MR) is 97.2 cm³/mol. The number of nitrogens with one attached hydrogen (secondary N) is 2. The van der Waals surface area contributed by atoms with Gasteiger partial charge >= 0.3 is 0 Å². The first-order valence-electron chi connectivity index (χ1n) is 7.34. The van der Waals surface area contributed by atoms with Crippen LogP contribution in [-0.4, -0.2) is 20.9 Å². The molecule has 0 unspecified atom stereocenters. The van der Waals surface area contributed by atoms with Gasteiger partial charge < -0.3 is 10.6 Å². The zero-order chi connectivity index (χ0) is 17.6. The number of hydrogen-bond acceptors (Lipinski definition) is 5. The summed E-state index contributed by atoms with van der Waals surface area (Å²) in [4.78, 5) is 24.5. The summed E-state index contributed by atoms with van der Waals surface area (Å²) >= 11 is 11.8. The second kappa shape index (κ2) is 7.92. The van der Waals surface area contributed by atoms with Gasteiger partial charge in [0.15, 0.2) is 0 Å². The lowest BCUT2D eigenvalue weighted by Gasteiger charge is -2.07. The van der Waals surface area contributed by atoms with Crippen LogP contribution in [0.15, 0.2) is 55.0 Å². The van der Waals surface area contributed by atoms with E-state index in [-0.39, 0.29) is 5.91 Å². The smallest absolute Gasteiger partial charge is 0.254 e. The Morgan fingerprint density at radius 2 is 1.80 bits per heavy atom. The Morgan fingerprint density at radius 1 is 1.00 bits per heavy atom. The van der Waals surface area contributed by atoms with E-state index in [0.29, 0.717) is 33.8 Å². The van der Waals surface area contributed by atoms with Crippen molar-refractivity contribution >= 4 is 40.7 Å². The van der Waals surface area contributed by atoms with Gasteiger partial charge in [-0.15, -0.1) is 0 Å². The van der Waals surface area contributed by atoms with Gasteiger partial charge in [0.05, 0.1) is 27.8 Å². The van der Waals surface area contributed by atoms with Crippen LogP contribution in [0.5, 0.6) is 0 Å². The highest BCUT2D eigenvalue weighted by atomic mass is 35.5. The van der Waals surface area contributed by atoms with Crippen LogP contribution in [0.25, 0.3) is 0 Å². The third kappa shape index (κ3) is 4.65. The van der Waals surface area contributed by atoms with Crippen molar-refractivity contribution in [2.45, 2.75) is 6.54 Å². The summed E-state index contributed by atoms with van der Waals surface area (Å²) in [6.45, 7) is 0.336. The third-order valence-corrected chi connectivity index (χ3v) is 3.99. The molecule has 0 radical (unpaired) electrons. The van der Waals surface area contributed by atoms with E-state index in [9.17, 15) is 4.79 Å². The summed E-state index contributed by atoms with van der Waals surface area (Å²) in [6, 6.07) is 10.6. The SMILES string of the molecule is O=C(NCc1ccccn1)c1cnc(Nc2ccc(Cl)c(Cl)c2)nc1. The second-order valence-electron chi connectivity index (χ2n) is 5.05. The van der Waals surface area contributed by atoms with Gasteiger partial charge in [0.2, 0.25) is 5.95 Å². The van der Waals surface area contributed by atoms with Gasteiger partial charge in [-0.3, -0.25) is 9.78 Å². The van der Waals surface area contributed by atoms with Crippen molar-refractivity contribution in [2.75, 3.05) is 5.32 Å². The number of anilines is 2. The largest absolute Gasteiger partial charge is 0.346 e. The average Bonchev–Trinajstić information content (AvgIpc) is 2.64. The molecule has 2 N–H and O–H groups in total. The van der Waals surface area contributed by atoms with Crippen molar-refractivity contribution in [3.63, 3.8) is 0 Å². The van der Waals surface area contributed by atoms with Crippen LogP contribution in [0.4, 0.5) is 11.6 Å².